The van der Waals surface area contributed by atoms with E-state index < -0.39 is 16.4 Å². The minimum absolute atomic E-state index is 0.0522. The Morgan fingerprint density at radius 3 is 2.38 bits per heavy atom. The zero-order valence-electron chi connectivity index (χ0n) is 6.67. The lowest BCUT2D eigenvalue weighted by atomic mass is 10.2. The van der Waals surface area contributed by atoms with E-state index >= 15 is 0 Å². The van der Waals surface area contributed by atoms with Crippen LogP contribution in [-0.2, 0) is 23.7 Å². The largest absolute Gasteiger partial charge is 0.481 e. The van der Waals surface area contributed by atoms with Gasteiger partial charge in [0.2, 0.25) is 0 Å². The minimum atomic E-state index is -4.31. The second kappa shape index (κ2) is 5.86. The molecule has 0 bridgehead atoms. The van der Waals surface area contributed by atoms with E-state index in [9.17, 15) is 13.2 Å². The van der Waals surface area contributed by atoms with Gasteiger partial charge in [0, 0.05) is 6.42 Å². The summed E-state index contributed by atoms with van der Waals surface area (Å²) in [5.74, 6) is -0.957. The lowest BCUT2D eigenvalue weighted by Crippen LogP contribution is -2.09. The summed E-state index contributed by atoms with van der Waals surface area (Å²) < 4.78 is 27.6. The zero-order chi connectivity index (χ0) is 10.3. The van der Waals surface area contributed by atoms with Gasteiger partial charge in [-0.2, -0.15) is 8.42 Å². The van der Waals surface area contributed by atoms with E-state index in [-0.39, 0.29) is 19.4 Å². The second-order valence-corrected chi connectivity index (χ2v) is 3.36. The summed E-state index contributed by atoms with van der Waals surface area (Å²) >= 11 is 0. The third kappa shape index (κ3) is 7.65. The highest BCUT2D eigenvalue weighted by atomic mass is 32.3. The van der Waals surface area contributed by atoms with Gasteiger partial charge in [-0.15, -0.1) is 0 Å². The SMILES string of the molecule is O=C(O)CCCCOS(=O)(=O)OO. The average Bonchev–Trinajstić information content (AvgIpc) is 2.03. The first-order valence-electron chi connectivity index (χ1n) is 3.42. The fourth-order valence-corrected chi connectivity index (χ4v) is 0.926. The van der Waals surface area contributed by atoms with Crippen LogP contribution in [0.3, 0.4) is 0 Å². The number of carbonyl (C=O) groups is 1. The van der Waals surface area contributed by atoms with E-state index in [0.717, 1.165) is 0 Å². The molecule has 0 spiro atoms. The molecule has 0 fully saturated rings. The van der Waals surface area contributed by atoms with Crippen LogP contribution in [0.2, 0.25) is 0 Å². The van der Waals surface area contributed by atoms with E-state index in [2.05, 4.69) is 8.52 Å². The van der Waals surface area contributed by atoms with Gasteiger partial charge in [-0.05, 0) is 12.8 Å². The molecular weight excluding hydrogens is 204 g/mol. The average molecular weight is 214 g/mol. The van der Waals surface area contributed by atoms with Gasteiger partial charge in [0.1, 0.15) is 0 Å². The predicted octanol–water partition coefficient (Wildman–Crippen LogP) is -0.00770. The van der Waals surface area contributed by atoms with E-state index in [0.29, 0.717) is 6.42 Å². The number of hydrogen-bond donors (Lipinski definition) is 2. The van der Waals surface area contributed by atoms with Gasteiger partial charge in [-0.1, -0.05) is 4.33 Å². The van der Waals surface area contributed by atoms with E-state index in [1.54, 1.807) is 0 Å². The summed E-state index contributed by atoms with van der Waals surface area (Å²) in [6.07, 6.45) is 0.508. The number of hydrogen-bond acceptors (Lipinski definition) is 6. The molecule has 0 rings (SSSR count). The number of carboxylic acids is 1. The summed E-state index contributed by atoms with van der Waals surface area (Å²) in [6.45, 7) is -0.212. The van der Waals surface area contributed by atoms with Crippen LogP contribution >= 0.6 is 0 Å². The Morgan fingerprint density at radius 2 is 1.92 bits per heavy atom. The highest BCUT2D eigenvalue weighted by molar-refractivity contribution is 7.81. The molecule has 0 radical (unpaired) electrons. The molecule has 0 amide bonds. The molecule has 0 aliphatic rings. The summed E-state index contributed by atoms with van der Waals surface area (Å²) in [4.78, 5) is 9.99. The first-order chi connectivity index (χ1) is 5.98. The monoisotopic (exact) mass is 214 g/mol. The molecule has 0 unspecified atom stereocenters. The molecule has 8 heteroatoms. The molecule has 0 aromatic heterocycles. The number of carboxylic acid groups (broad SMARTS) is 1. The molecular formula is C5H10O7S. The zero-order valence-corrected chi connectivity index (χ0v) is 7.49. The molecule has 0 atom stereocenters. The van der Waals surface area contributed by atoms with E-state index in [1.165, 1.54) is 0 Å². The normalized spacial score (nSPS) is 11.5. The highest BCUT2D eigenvalue weighted by Crippen LogP contribution is 1.99. The Balaban J connectivity index is 3.42. The Bertz CT molecular complexity index is 244. The molecule has 0 aromatic rings. The fraction of sp³-hybridized carbons (Fsp3) is 0.800. The molecule has 0 aliphatic carbocycles. The standard InChI is InChI=1S/C5H10O7S/c6-5(7)3-1-2-4-11-13(9,10)12-8/h8H,1-4H2,(H,6,7). The van der Waals surface area contributed by atoms with Crippen LogP contribution < -0.4 is 0 Å². The molecule has 2 N–H and O–H groups in total. The van der Waals surface area contributed by atoms with Crippen molar-refractivity contribution in [2.45, 2.75) is 19.3 Å². The van der Waals surface area contributed by atoms with Crippen molar-refractivity contribution in [3.8, 4) is 0 Å². The number of aliphatic carboxylic acids is 1. The van der Waals surface area contributed by atoms with Crippen LogP contribution in [0.5, 0.6) is 0 Å². The summed E-state index contributed by atoms with van der Waals surface area (Å²) in [6, 6.07) is 0. The number of rotatable bonds is 7. The van der Waals surface area contributed by atoms with Crippen LogP contribution in [-0.4, -0.2) is 31.4 Å². The molecule has 0 heterocycles. The maximum Gasteiger partial charge on any atom is 0.426 e. The predicted molar refractivity (Wildman–Crippen MR) is 40.1 cm³/mol. The van der Waals surface area contributed by atoms with Crippen LogP contribution in [0, 0.1) is 0 Å². The first kappa shape index (κ1) is 12.3. The smallest absolute Gasteiger partial charge is 0.426 e. The van der Waals surface area contributed by atoms with Crippen molar-refractivity contribution in [3.63, 3.8) is 0 Å². The third-order valence-corrected chi connectivity index (χ3v) is 1.74. The van der Waals surface area contributed by atoms with Gasteiger partial charge in [-0.3, -0.25) is 4.79 Å². The van der Waals surface area contributed by atoms with Crippen molar-refractivity contribution in [1.29, 1.82) is 0 Å². The van der Waals surface area contributed by atoms with Gasteiger partial charge in [0.05, 0.1) is 6.61 Å². The minimum Gasteiger partial charge on any atom is -0.481 e. The topological polar surface area (TPSA) is 110 Å². The molecule has 0 aromatic carbocycles. The van der Waals surface area contributed by atoms with Crippen LogP contribution in [0.4, 0.5) is 0 Å². The van der Waals surface area contributed by atoms with E-state index in [4.69, 9.17) is 10.4 Å². The van der Waals surface area contributed by atoms with Gasteiger partial charge in [0.25, 0.3) is 0 Å². The molecule has 0 aliphatic heterocycles. The summed E-state index contributed by atoms with van der Waals surface area (Å²) in [5.41, 5.74) is 0. The first-order valence-corrected chi connectivity index (χ1v) is 4.75. The maximum absolute atomic E-state index is 10.3. The lowest BCUT2D eigenvalue weighted by Gasteiger charge is -1.99. The van der Waals surface area contributed by atoms with Crippen LogP contribution in [0.15, 0.2) is 0 Å². The highest BCUT2D eigenvalue weighted by Gasteiger charge is 2.09. The molecule has 0 saturated heterocycles. The van der Waals surface area contributed by atoms with Crippen molar-refractivity contribution in [2.24, 2.45) is 0 Å². The van der Waals surface area contributed by atoms with Gasteiger partial charge >= 0.3 is 16.4 Å². The van der Waals surface area contributed by atoms with Gasteiger partial charge in [-0.25, -0.2) is 9.44 Å². The summed E-state index contributed by atoms with van der Waals surface area (Å²) in [5, 5.41) is 15.9. The van der Waals surface area contributed by atoms with Crippen molar-refractivity contribution in [2.75, 3.05) is 6.61 Å². The van der Waals surface area contributed by atoms with Crippen molar-refractivity contribution < 1.29 is 32.1 Å². The van der Waals surface area contributed by atoms with E-state index in [1.807, 2.05) is 0 Å². The Labute approximate surface area is 75.1 Å². The van der Waals surface area contributed by atoms with Gasteiger partial charge in [0.15, 0.2) is 0 Å². The maximum atomic E-state index is 10.3. The third-order valence-electron chi connectivity index (χ3n) is 1.10. The molecule has 78 valence electrons. The quantitative estimate of drug-likeness (QED) is 0.348. The molecule has 0 saturated carbocycles. The van der Waals surface area contributed by atoms with Crippen LogP contribution in [0.1, 0.15) is 19.3 Å². The van der Waals surface area contributed by atoms with Crippen LogP contribution in [0.25, 0.3) is 0 Å². The lowest BCUT2D eigenvalue weighted by molar-refractivity contribution is -0.142. The Hall–Kier alpha value is -0.700. The van der Waals surface area contributed by atoms with Crippen molar-refractivity contribution in [1.82, 2.24) is 0 Å². The van der Waals surface area contributed by atoms with Crippen molar-refractivity contribution >= 4 is 16.4 Å². The van der Waals surface area contributed by atoms with Gasteiger partial charge < -0.3 is 5.11 Å². The Morgan fingerprint density at radius 1 is 1.31 bits per heavy atom. The van der Waals surface area contributed by atoms with Crippen molar-refractivity contribution in [3.05, 3.63) is 0 Å². The molecule has 7 nitrogen and oxygen atoms in total. The summed E-state index contributed by atoms with van der Waals surface area (Å²) in [7, 11) is -4.31. The fourth-order valence-electron chi connectivity index (χ4n) is 0.561. The number of unbranched alkanes of at least 4 members (excludes halogenated alkanes) is 1. The molecule has 13 heavy (non-hydrogen) atoms. The second-order valence-electron chi connectivity index (χ2n) is 2.16. The Kier molecular flexibility index (Phi) is 5.55.